The van der Waals surface area contributed by atoms with E-state index in [-0.39, 0.29) is 18.5 Å². The Morgan fingerprint density at radius 1 is 1.18 bits per heavy atom. The number of carbonyl (C=O) groups excluding carboxylic acids is 2. The van der Waals surface area contributed by atoms with Gasteiger partial charge in [0.1, 0.15) is 6.10 Å². The lowest BCUT2D eigenvalue weighted by Gasteiger charge is -2.20. The molecule has 2 fully saturated rings. The van der Waals surface area contributed by atoms with Gasteiger partial charge in [-0.05, 0) is 5.56 Å². The summed E-state index contributed by atoms with van der Waals surface area (Å²) in [6.45, 7) is 1.11. The minimum atomic E-state index is -0.789. The summed E-state index contributed by atoms with van der Waals surface area (Å²) >= 11 is 0. The van der Waals surface area contributed by atoms with Crippen LogP contribution in [-0.2, 0) is 35.1 Å². The Hall–Kier alpha value is -1.92. The van der Waals surface area contributed by atoms with E-state index in [0.29, 0.717) is 26.2 Å². The predicted molar refractivity (Wildman–Crippen MR) is 74.8 cm³/mol. The summed E-state index contributed by atoms with van der Waals surface area (Å²) in [5.74, 6) is -0.879. The maximum atomic E-state index is 12.0. The molecule has 0 radical (unpaired) electrons. The zero-order valence-electron chi connectivity index (χ0n) is 12.1. The maximum Gasteiger partial charge on any atom is 0.347 e. The summed E-state index contributed by atoms with van der Waals surface area (Å²) < 4.78 is 21.4. The van der Waals surface area contributed by atoms with E-state index in [2.05, 4.69) is 0 Å². The molecule has 0 aromatic heterocycles. The molecule has 0 aliphatic carbocycles. The number of ether oxygens (including phenoxy) is 4. The first-order chi connectivity index (χ1) is 10.7. The molecule has 3 unspecified atom stereocenters. The van der Waals surface area contributed by atoms with Crippen LogP contribution in [-0.4, -0.2) is 43.5 Å². The lowest BCUT2D eigenvalue weighted by molar-refractivity contribution is -0.169. The quantitative estimate of drug-likeness (QED) is 0.762. The van der Waals surface area contributed by atoms with E-state index in [9.17, 15) is 9.59 Å². The second-order valence-corrected chi connectivity index (χ2v) is 5.37. The summed E-state index contributed by atoms with van der Waals surface area (Å²) in [5.41, 5.74) is 1.05. The number of esters is 2. The Morgan fingerprint density at radius 2 is 1.95 bits per heavy atom. The van der Waals surface area contributed by atoms with Gasteiger partial charge in [0.25, 0.3) is 0 Å². The third kappa shape index (κ3) is 3.64. The molecule has 2 aliphatic heterocycles. The van der Waals surface area contributed by atoms with Crippen LogP contribution in [0.4, 0.5) is 0 Å². The molecule has 118 valence electrons. The summed E-state index contributed by atoms with van der Waals surface area (Å²) in [4.78, 5) is 23.0. The Bertz CT molecular complexity index is 529. The van der Waals surface area contributed by atoms with Crippen LogP contribution in [0, 0.1) is 0 Å². The lowest BCUT2D eigenvalue weighted by atomic mass is 10.2. The van der Waals surface area contributed by atoms with Gasteiger partial charge in [-0.1, -0.05) is 30.3 Å². The summed E-state index contributed by atoms with van der Waals surface area (Å²) in [5, 5.41) is 0. The zero-order valence-corrected chi connectivity index (χ0v) is 12.1. The first-order valence-electron chi connectivity index (χ1n) is 7.35. The molecule has 1 aromatic rings. The highest BCUT2D eigenvalue weighted by Crippen LogP contribution is 2.20. The average Bonchev–Trinajstić information content (AvgIpc) is 3.15. The second kappa shape index (κ2) is 6.89. The monoisotopic (exact) mass is 306 g/mol. The molecule has 2 saturated heterocycles. The van der Waals surface area contributed by atoms with E-state index in [1.807, 2.05) is 30.3 Å². The van der Waals surface area contributed by atoms with Crippen molar-refractivity contribution in [3.05, 3.63) is 35.9 Å². The van der Waals surface area contributed by atoms with Gasteiger partial charge >= 0.3 is 11.9 Å². The van der Waals surface area contributed by atoms with Crippen molar-refractivity contribution in [1.82, 2.24) is 0 Å². The third-order valence-electron chi connectivity index (χ3n) is 3.70. The van der Waals surface area contributed by atoms with Gasteiger partial charge in [-0.2, -0.15) is 0 Å². The second-order valence-electron chi connectivity index (χ2n) is 5.37. The fraction of sp³-hybridized carbons (Fsp3) is 0.500. The van der Waals surface area contributed by atoms with Gasteiger partial charge in [0.05, 0.1) is 19.8 Å². The van der Waals surface area contributed by atoms with Gasteiger partial charge in [0.2, 0.25) is 0 Å². The molecule has 0 bridgehead atoms. The number of benzene rings is 1. The lowest BCUT2D eigenvalue weighted by Crippen LogP contribution is -2.35. The van der Waals surface area contributed by atoms with Crippen molar-refractivity contribution in [3.8, 4) is 0 Å². The number of rotatable bonds is 5. The Balaban J connectivity index is 1.50. The van der Waals surface area contributed by atoms with Crippen LogP contribution in [0.5, 0.6) is 0 Å². The van der Waals surface area contributed by atoms with Gasteiger partial charge in [-0.3, -0.25) is 4.79 Å². The van der Waals surface area contributed by atoms with Crippen molar-refractivity contribution in [2.24, 2.45) is 0 Å². The number of carbonyl (C=O) groups is 2. The van der Waals surface area contributed by atoms with Crippen molar-refractivity contribution >= 4 is 11.9 Å². The van der Waals surface area contributed by atoms with E-state index in [4.69, 9.17) is 18.9 Å². The molecule has 0 spiro atoms. The van der Waals surface area contributed by atoms with Crippen LogP contribution in [0.25, 0.3) is 0 Å². The average molecular weight is 306 g/mol. The fourth-order valence-electron chi connectivity index (χ4n) is 2.47. The van der Waals surface area contributed by atoms with Gasteiger partial charge < -0.3 is 18.9 Å². The third-order valence-corrected chi connectivity index (χ3v) is 3.70. The molecule has 1 aromatic carbocycles. The molecule has 0 saturated carbocycles. The van der Waals surface area contributed by atoms with Gasteiger partial charge in [-0.25, -0.2) is 4.79 Å². The summed E-state index contributed by atoms with van der Waals surface area (Å²) in [7, 11) is 0. The minimum absolute atomic E-state index is 0.259. The Kier molecular flexibility index (Phi) is 4.70. The van der Waals surface area contributed by atoms with Crippen molar-refractivity contribution in [1.29, 1.82) is 0 Å². The minimum Gasteiger partial charge on any atom is -0.454 e. The van der Waals surface area contributed by atoms with Crippen molar-refractivity contribution in [2.75, 3.05) is 13.2 Å². The van der Waals surface area contributed by atoms with E-state index < -0.39 is 18.2 Å². The van der Waals surface area contributed by atoms with Crippen LogP contribution in [0.2, 0.25) is 0 Å². The summed E-state index contributed by atoms with van der Waals surface area (Å²) in [6, 6.07) is 9.75. The smallest absolute Gasteiger partial charge is 0.347 e. The van der Waals surface area contributed by atoms with Crippen LogP contribution >= 0.6 is 0 Å². The molecule has 2 heterocycles. The standard InChI is InChI=1S/C16H18O6/c17-15-7-6-12(21-15)16(18)22-14-10-19-9-13(14)20-8-11-4-2-1-3-5-11/h1-5,12-14H,6-10H2. The zero-order chi connectivity index (χ0) is 15.4. The molecular formula is C16H18O6. The molecule has 3 atom stereocenters. The van der Waals surface area contributed by atoms with Crippen LogP contribution < -0.4 is 0 Å². The van der Waals surface area contributed by atoms with Gasteiger partial charge in [-0.15, -0.1) is 0 Å². The molecule has 0 N–H and O–H groups in total. The fourth-order valence-corrected chi connectivity index (χ4v) is 2.47. The molecule has 2 aliphatic rings. The van der Waals surface area contributed by atoms with Crippen LogP contribution in [0.3, 0.4) is 0 Å². The highest BCUT2D eigenvalue weighted by molar-refractivity contribution is 5.82. The normalized spacial score (nSPS) is 27.6. The van der Waals surface area contributed by atoms with E-state index >= 15 is 0 Å². The highest BCUT2D eigenvalue weighted by Gasteiger charge is 2.37. The first-order valence-corrected chi connectivity index (χ1v) is 7.35. The molecule has 6 heteroatoms. The molecule has 6 nitrogen and oxygen atoms in total. The number of cyclic esters (lactones) is 1. The molecule has 3 rings (SSSR count). The SMILES string of the molecule is O=C1CCC(C(=O)OC2COCC2OCc2ccccc2)O1. The van der Waals surface area contributed by atoms with E-state index in [0.717, 1.165) is 5.56 Å². The van der Waals surface area contributed by atoms with Crippen molar-refractivity contribution < 1.29 is 28.5 Å². The van der Waals surface area contributed by atoms with Crippen LogP contribution in [0.15, 0.2) is 30.3 Å². The predicted octanol–water partition coefficient (Wildman–Crippen LogP) is 1.22. The largest absolute Gasteiger partial charge is 0.454 e. The van der Waals surface area contributed by atoms with Crippen molar-refractivity contribution in [2.45, 2.75) is 37.8 Å². The first kappa shape index (κ1) is 15.0. The van der Waals surface area contributed by atoms with Crippen molar-refractivity contribution in [3.63, 3.8) is 0 Å². The van der Waals surface area contributed by atoms with Crippen LogP contribution in [0.1, 0.15) is 18.4 Å². The van der Waals surface area contributed by atoms with E-state index in [1.165, 1.54) is 0 Å². The number of hydrogen-bond acceptors (Lipinski definition) is 6. The number of hydrogen-bond donors (Lipinski definition) is 0. The maximum absolute atomic E-state index is 12.0. The summed E-state index contributed by atoms with van der Waals surface area (Å²) in [6.07, 6.45) is -0.921. The van der Waals surface area contributed by atoms with Gasteiger partial charge in [0.15, 0.2) is 12.2 Å². The molecular weight excluding hydrogens is 288 g/mol. The molecule has 0 amide bonds. The molecule has 22 heavy (non-hydrogen) atoms. The van der Waals surface area contributed by atoms with E-state index in [1.54, 1.807) is 0 Å². The Morgan fingerprint density at radius 3 is 2.68 bits per heavy atom. The Labute approximate surface area is 128 Å². The highest BCUT2D eigenvalue weighted by atomic mass is 16.6. The van der Waals surface area contributed by atoms with Gasteiger partial charge in [0, 0.05) is 12.8 Å². The topological polar surface area (TPSA) is 71.1 Å².